The first-order chi connectivity index (χ1) is 15.4. The lowest BCUT2D eigenvalue weighted by molar-refractivity contribution is 0.0901. The first-order valence-electron chi connectivity index (χ1n) is 10.5. The van der Waals surface area contributed by atoms with Crippen LogP contribution < -0.4 is 20.3 Å². The third kappa shape index (κ3) is 3.87. The van der Waals surface area contributed by atoms with Crippen LogP contribution in [0, 0.1) is 11.3 Å². The average molecular weight is 446 g/mol. The van der Waals surface area contributed by atoms with Crippen molar-refractivity contribution in [1.82, 2.24) is 10.3 Å². The molecule has 162 valence electrons. The molecule has 0 atom stereocenters. The highest BCUT2D eigenvalue weighted by molar-refractivity contribution is 7.17. The average Bonchev–Trinajstić information content (AvgIpc) is 3.20. The number of thiazole rings is 1. The number of aromatic nitrogens is 1. The number of nitrogens with zero attached hydrogens (tertiary/aromatic N) is 3. The lowest BCUT2D eigenvalue weighted by Gasteiger charge is -2.30. The number of rotatable bonds is 4. The minimum Gasteiger partial charge on any atom is -0.490 e. The van der Waals surface area contributed by atoms with E-state index in [0.717, 1.165) is 33.5 Å². The van der Waals surface area contributed by atoms with Gasteiger partial charge in [0.15, 0.2) is 5.13 Å². The highest BCUT2D eigenvalue weighted by Gasteiger charge is 2.34. The summed E-state index contributed by atoms with van der Waals surface area (Å²) in [5.41, 5.74) is 4.22. The van der Waals surface area contributed by atoms with E-state index in [0.29, 0.717) is 36.6 Å². The number of ether oxygens (including phenoxy) is 1. The fourth-order valence-electron chi connectivity index (χ4n) is 4.01. The Kier molecular flexibility index (Phi) is 4.98. The van der Waals surface area contributed by atoms with E-state index in [1.165, 1.54) is 11.3 Å². The fourth-order valence-corrected chi connectivity index (χ4v) is 5.02. The number of amides is 1. The van der Waals surface area contributed by atoms with Gasteiger partial charge in [-0.05, 0) is 49.7 Å². The maximum absolute atomic E-state index is 12.5. The molecule has 1 amide bonds. The first kappa shape index (κ1) is 20.3. The van der Waals surface area contributed by atoms with Gasteiger partial charge >= 0.3 is 0 Å². The standard InChI is InChI=1S/C24H23N5O2S/c1-24(2)12-18-21(22(30)28-24)32-23(27-18)29-9-10-31-20-8-7-17(11-19(20)29)26-14-16-5-3-15(13-25)4-6-16/h3-8,11,26H,9-10,12,14H2,1-2H3,(H,28,30). The highest BCUT2D eigenvalue weighted by atomic mass is 32.1. The van der Waals surface area contributed by atoms with Crippen LogP contribution in [0.5, 0.6) is 5.75 Å². The molecule has 0 spiro atoms. The van der Waals surface area contributed by atoms with Gasteiger partial charge in [0.05, 0.1) is 29.6 Å². The van der Waals surface area contributed by atoms with Gasteiger partial charge in [-0.25, -0.2) is 4.98 Å². The van der Waals surface area contributed by atoms with Crippen LogP contribution in [-0.2, 0) is 13.0 Å². The normalized spacial score (nSPS) is 16.3. The number of fused-ring (bicyclic) bond motifs is 2. The van der Waals surface area contributed by atoms with E-state index in [2.05, 4.69) is 27.7 Å². The molecule has 2 N–H and O–H groups in total. The topological polar surface area (TPSA) is 90.3 Å². The Hall–Kier alpha value is -3.57. The van der Waals surface area contributed by atoms with E-state index in [9.17, 15) is 4.79 Å². The van der Waals surface area contributed by atoms with E-state index in [4.69, 9.17) is 15.0 Å². The van der Waals surface area contributed by atoms with E-state index >= 15 is 0 Å². The van der Waals surface area contributed by atoms with Gasteiger partial charge in [0, 0.05) is 24.2 Å². The molecule has 3 aromatic rings. The molecular formula is C24H23N5O2S. The summed E-state index contributed by atoms with van der Waals surface area (Å²) in [6.45, 7) is 5.91. The van der Waals surface area contributed by atoms with Crippen LogP contribution in [-0.4, -0.2) is 29.6 Å². The zero-order chi connectivity index (χ0) is 22.3. The zero-order valence-corrected chi connectivity index (χ0v) is 18.8. The molecule has 0 saturated heterocycles. The molecule has 0 saturated carbocycles. The molecule has 0 fully saturated rings. The SMILES string of the molecule is CC1(C)Cc2nc(N3CCOc4ccc(NCc5ccc(C#N)cc5)cc43)sc2C(=O)N1. The van der Waals surface area contributed by atoms with Gasteiger partial charge in [0.2, 0.25) is 0 Å². The molecule has 7 nitrogen and oxygen atoms in total. The number of anilines is 3. The molecule has 5 rings (SSSR count). The molecule has 8 heteroatoms. The molecule has 2 aliphatic rings. The smallest absolute Gasteiger partial charge is 0.263 e. The summed E-state index contributed by atoms with van der Waals surface area (Å²) in [5.74, 6) is 0.754. The van der Waals surface area contributed by atoms with Crippen LogP contribution in [0.3, 0.4) is 0 Å². The Morgan fingerprint density at radius 3 is 2.88 bits per heavy atom. The van der Waals surface area contributed by atoms with E-state index in [-0.39, 0.29) is 11.4 Å². The molecule has 0 bridgehead atoms. The van der Waals surface area contributed by atoms with Crippen molar-refractivity contribution in [2.75, 3.05) is 23.4 Å². The van der Waals surface area contributed by atoms with Crippen molar-refractivity contribution in [1.29, 1.82) is 5.26 Å². The lowest BCUT2D eigenvalue weighted by atomic mass is 9.94. The number of hydrogen-bond donors (Lipinski definition) is 2. The zero-order valence-electron chi connectivity index (χ0n) is 17.9. The molecule has 3 heterocycles. The molecule has 0 unspecified atom stereocenters. The lowest BCUT2D eigenvalue weighted by Crippen LogP contribution is -2.48. The minimum atomic E-state index is -0.291. The number of carbonyl (C=O) groups excluding carboxylic acids is 1. The van der Waals surface area contributed by atoms with E-state index < -0.39 is 0 Å². The minimum absolute atomic E-state index is 0.0497. The quantitative estimate of drug-likeness (QED) is 0.625. The summed E-state index contributed by atoms with van der Waals surface area (Å²) in [5, 5.41) is 16.3. The van der Waals surface area contributed by atoms with Gasteiger partial charge in [-0.2, -0.15) is 5.26 Å². The van der Waals surface area contributed by atoms with Crippen LogP contribution >= 0.6 is 11.3 Å². The van der Waals surface area contributed by atoms with Gasteiger partial charge in [-0.3, -0.25) is 4.79 Å². The number of carbonyl (C=O) groups is 1. The molecule has 0 aliphatic carbocycles. The van der Waals surface area contributed by atoms with E-state index in [1.807, 2.05) is 50.2 Å². The summed E-state index contributed by atoms with van der Waals surface area (Å²) >= 11 is 1.43. The Labute approximate surface area is 190 Å². The highest BCUT2D eigenvalue weighted by Crippen LogP contribution is 2.41. The predicted molar refractivity (Wildman–Crippen MR) is 125 cm³/mol. The van der Waals surface area contributed by atoms with Crippen molar-refractivity contribution in [3.8, 4) is 11.8 Å². The monoisotopic (exact) mass is 445 g/mol. The van der Waals surface area contributed by atoms with Crippen molar-refractivity contribution >= 4 is 33.8 Å². The molecule has 32 heavy (non-hydrogen) atoms. The summed E-state index contributed by atoms with van der Waals surface area (Å²) in [4.78, 5) is 20.2. The van der Waals surface area contributed by atoms with E-state index in [1.54, 1.807) is 0 Å². The van der Waals surface area contributed by atoms with Gasteiger partial charge < -0.3 is 20.3 Å². The third-order valence-electron chi connectivity index (χ3n) is 5.59. The number of nitriles is 1. The number of benzene rings is 2. The van der Waals surface area contributed by atoms with Gasteiger partial charge in [-0.15, -0.1) is 0 Å². The van der Waals surface area contributed by atoms with Crippen molar-refractivity contribution in [2.45, 2.75) is 32.4 Å². The molecular weight excluding hydrogens is 422 g/mol. The summed E-state index contributed by atoms with van der Waals surface area (Å²) in [7, 11) is 0. The Bertz CT molecular complexity index is 1230. The molecule has 1 aromatic heterocycles. The van der Waals surface area contributed by atoms with Crippen LogP contribution in [0.2, 0.25) is 0 Å². The Morgan fingerprint density at radius 2 is 2.09 bits per heavy atom. The van der Waals surface area contributed by atoms with Crippen molar-refractivity contribution in [3.63, 3.8) is 0 Å². The Balaban J connectivity index is 1.40. The largest absolute Gasteiger partial charge is 0.490 e. The van der Waals surface area contributed by atoms with Crippen molar-refractivity contribution < 1.29 is 9.53 Å². The maximum Gasteiger partial charge on any atom is 0.263 e. The van der Waals surface area contributed by atoms with Crippen LogP contribution in [0.15, 0.2) is 42.5 Å². The summed E-state index contributed by atoms with van der Waals surface area (Å²) < 4.78 is 5.87. The van der Waals surface area contributed by atoms with Gasteiger partial charge in [0.1, 0.15) is 17.2 Å². The van der Waals surface area contributed by atoms with Crippen molar-refractivity contribution in [3.05, 3.63) is 64.2 Å². The fraction of sp³-hybridized carbons (Fsp3) is 0.292. The summed E-state index contributed by atoms with van der Waals surface area (Å²) in [6, 6.07) is 15.7. The number of hydrogen-bond acceptors (Lipinski definition) is 7. The first-order valence-corrected chi connectivity index (χ1v) is 11.3. The molecule has 2 aliphatic heterocycles. The van der Waals surface area contributed by atoms with Crippen LogP contribution in [0.1, 0.15) is 40.3 Å². The second kappa shape index (κ2) is 7.84. The van der Waals surface area contributed by atoms with Gasteiger partial charge in [0.25, 0.3) is 5.91 Å². The van der Waals surface area contributed by atoms with Gasteiger partial charge in [-0.1, -0.05) is 23.5 Å². The Morgan fingerprint density at radius 1 is 1.28 bits per heavy atom. The van der Waals surface area contributed by atoms with Crippen LogP contribution in [0.25, 0.3) is 0 Å². The number of nitrogens with one attached hydrogen (secondary N) is 2. The second-order valence-corrected chi connectivity index (χ2v) is 9.61. The summed E-state index contributed by atoms with van der Waals surface area (Å²) in [6.07, 6.45) is 0.716. The second-order valence-electron chi connectivity index (χ2n) is 8.63. The predicted octanol–water partition coefficient (Wildman–Crippen LogP) is 4.22. The van der Waals surface area contributed by atoms with Crippen LogP contribution in [0.4, 0.5) is 16.5 Å². The molecule has 0 radical (unpaired) electrons. The third-order valence-corrected chi connectivity index (χ3v) is 6.71. The van der Waals surface area contributed by atoms with Crippen molar-refractivity contribution in [2.24, 2.45) is 0 Å². The maximum atomic E-state index is 12.5. The molecule has 2 aromatic carbocycles.